The van der Waals surface area contributed by atoms with Gasteiger partial charge < -0.3 is 18.9 Å². The standard InChI is InChI=1S/C31H29F2NO5S.C24H24FNO5S/c1-22-3-16-29(19-30(22)31(35)38-2)40(36,37)34(20-24-4-10-26(32)11-5-24)18-17-23-8-14-28(15-9-23)39-21-25-6-12-27(33)13-7-25;1-17-3-12-22(15-23(17)24(27)30-2)32(28,29)26-14-13-18-6-10-21(11-7-18)31-16-19-4-8-20(25)9-5-19/h3-16,19H,17-18,20-21H2,1-2H3;3-12,15,26H,13-14,16H2,1-2H3. The summed E-state index contributed by atoms with van der Waals surface area (Å²) >= 11 is 0. The first-order valence-corrected chi connectivity index (χ1v) is 25.4. The number of ether oxygens (including phenoxy) is 4. The number of nitrogens with one attached hydrogen (secondary N) is 1. The van der Waals surface area contributed by atoms with Gasteiger partial charge >= 0.3 is 11.9 Å². The van der Waals surface area contributed by atoms with Crippen molar-refractivity contribution in [3.8, 4) is 11.5 Å². The second-order valence-electron chi connectivity index (χ2n) is 16.4. The van der Waals surface area contributed by atoms with E-state index in [4.69, 9.17) is 18.9 Å². The molecule has 0 saturated heterocycles. The molecule has 0 amide bonds. The number of hydrogen-bond donors (Lipinski definition) is 1. The van der Waals surface area contributed by atoms with Crippen LogP contribution in [0.25, 0.3) is 0 Å². The number of carbonyl (C=O) groups excluding carboxylic acids is 2. The molecule has 0 aliphatic rings. The van der Waals surface area contributed by atoms with Crippen LogP contribution in [-0.4, -0.2) is 60.4 Å². The van der Waals surface area contributed by atoms with E-state index in [1.807, 2.05) is 24.3 Å². The molecular weight excluding hydrogens is 970 g/mol. The summed E-state index contributed by atoms with van der Waals surface area (Å²) in [6.45, 7) is 4.37. The zero-order valence-corrected chi connectivity index (χ0v) is 41.6. The molecule has 0 bridgehead atoms. The van der Waals surface area contributed by atoms with Gasteiger partial charge in [-0.15, -0.1) is 0 Å². The number of nitrogens with zero attached hydrogens (tertiary/aromatic N) is 1. The van der Waals surface area contributed by atoms with E-state index in [1.54, 1.807) is 86.6 Å². The van der Waals surface area contributed by atoms with Crippen LogP contribution in [0.1, 0.15) is 59.7 Å². The van der Waals surface area contributed by atoms with Crippen molar-refractivity contribution in [3.63, 3.8) is 0 Å². The van der Waals surface area contributed by atoms with Crippen molar-refractivity contribution in [3.05, 3.63) is 225 Å². The number of rotatable bonds is 20. The molecule has 0 aromatic heterocycles. The van der Waals surface area contributed by atoms with E-state index in [1.165, 1.54) is 79.2 Å². The smallest absolute Gasteiger partial charge is 0.338 e. The number of methoxy groups -OCH3 is 2. The van der Waals surface area contributed by atoms with Crippen LogP contribution in [0.15, 0.2) is 168 Å². The Labute approximate surface area is 418 Å². The topological polar surface area (TPSA) is 155 Å². The predicted molar refractivity (Wildman–Crippen MR) is 266 cm³/mol. The summed E-state index contributed by atoms with van der Waals surface area (Å²) in [6, 6.07) is 41.1. The Morgan fingerprint density at radius 3 is 1.33 bits per heavy atom. The molecule has 17 heteroatoms. The quantitative estimate of drug-likeness (QED) is 0.0730. The van der Waals surface area contributed by atoms with E-state index in [0.29, 0.717) is 47.6 Å². The number of hydrogen-bond acceptors (Lipinski definition) is 10. The Kier molecular flexibility index (Phi) is 18.9. The molecule has 0 spiro atoms. The number of aryl methyl sites for hydroxylation is 2. The Morgan fingerprint density at radius 1 is 0.500 bits per heavy atom. The molecule has 0 aliphatic heterocycles. The summed E-state index contributed by atoms with van der Waals surface area (Å²) in [6.07, 6.45) is 0.877. The first-order valence-electron chi connectivity index (χ1n) is 22.5. The minimum absolute atomic E-state index is 0.00745. The largest absolute Gasteiger partial charge is 0.489 e. The highest BCUT2D eigenvalue weighted by molar-refractivity contribution is 7.89. The molecule has 0 saturated carbocycles. The van der Waals surface area contributed by atoms with Crippen LogP contribution in [0, 0.1) is 31.3 Å². The first kappa shape index (κ1) is 54.0. The van der Waals surface area contributed by atoms with Crippen LogP contribution in [0.4, 0.5) is 13.2 Å². The van der Waals surface area contributed by atoms with Crippen LogP contribution in [0.2, 0.25) is 0 Å². The maximum Gasteiger partial charge on any atom is 0.338 e. The molecule has 72 heavy (non-hydrogen) atoms. The van der Waals surface area contributed by atoms with Gasteiger partial charge in [0, 0.05) is 19.6 Å². The van der Waals surface area contributed by atoms with Crippen LogP contribution >= 0.6 is 0 Å². The average Bonchev–Trinajstić information content (AvgIpc) is 3.38. The lowest BCUT2D eigenvalue weighted by atomic mass is 10.1. The Balaban J connectivity index is 0.000000241. The third kappa shape index (κ3) is 15.3. The molecule has 0 radical (unpaired) electrons. The molecular formula is C55H53F3N2O10S2. The van der Waals surface area contributed by atoms with Crippen LogP contribution in [-0.2, 0) is 62.1 Å². The molecule has 0 heterocycles. The molecule has 376 valence electrons. The van der Waals surface area contributed by atoms with Gasteiger partial charge in [-0.3, -0.25) is 0 Å². The van der Waals surface area contributed by atoms with Crippen LogP contribution in [0.5, 0.6) is 11.5 Å². The van der Waals surface area contributed by atoms with E-state index in [9.17, 15) is 39.6 Å². The molecule has 0 fully saturated rings. The molecule has 7 aromatic rings. The normalized spacial score (nSPS) is 11.3. The second kappa shape index (κ2) is 25.2. The van der Waals surface area contributed by atoms with Gasteiger partial charge in [0.1, 0.15) is 42.2 Å². The van der Waals surface area contributed by atoms with E-state index >= 15 is 0 Å². The molecule has 7 rings (SSSR count). The summed E-state index contributed by atoms with van der Waals surface area (Å²) in [4.78, 5) is 24.0. The van der Waals surface area contributed by atoms with Crippen molar-refractivity contribution in [1.82, 2.24) is 9.03 Å². The van der Waals surface area contributed by atoms with Gasteiger partial charge in [-0.25, -0.2) is 44.3 Å². The Bertz CT molecular complexity index is 3160. The molecule has 0 atom stereocenters. The summed E-state index contributed by atoms with van der Waals surface area (Å²) < 4.78 is 117. The third-order valence-electron chi connectivity index (χ3n) is 11.3. The minimum Gasteiger partial charge on any atom is -0.489 e. The van der Waals surface area contributed by atoms with E-state index in [2.05, 4.69) is 4.72 Å². The van der Waals surface area contributed by atoms with Crippen molar-refractivity contribution in [2.45, 2.75) is 56.2 Å². The minimum atomic E-state index is -4.03. The van der Waals surface area contributed by atoms with E-state index in [0.717, 1.165) is 22.3 Å². The van der Waals surface area contributed by atoms with Gasteiger partial charge in [-0.05, 0) is 151 Å². The summed E-state index contributed by atoms with van der Waals surface area (Å²) in [7, 11) is -5.31. The van der Waals surface area contributed by atoms with Gasteiger partial charge in [-0.2, -0.15) is 4.31 Å². The molecule has 7 aromatic carbocycles. The van der Waals surface area contributed by atoms with E-state index in [-0.39, 0.29) is 58.8 Å². The molecule has 0 unspecified atom stereocenters. The lowest BCUT2D eigenvalue weighted by molar-refractivity contribution is 0.0590. The fourth-order valence-electron chi connectivity index (χ4n) is 7.08. The van der Waals surface area contributed by atoms with Crippen LogP contribution < -0.4 is 14.2 Å². The highest BCUT2D eigenvalue weighted by atomic mass is 32.2. The molecule has 0 aliphatic carbocycles. The highest BCUT2D eigenvalue weighted by Crippen LogP contribution is 2.24. The lowest BCUT2D eigenvalue weighted by Gasteiger charge is -2.23. The van der Waals surface area contributed by atoms with Crippen molar-refractivity contribution in [2.24, 2.45) is 0 Å². The maximum absolute atomic E-state index is 13.8. The lowest BCUT2D eigenvalue weighted by Crippen LogP contribution is -2.32. The fraction of sp³-hybridized carbons (Fsp3) is 0.200. The highest BCUT2D eigenvalue weighted by Gasteiger charge is 2.27. The number of carbonyl (C=O) groups is 2. The number of esters is 2. The number of halogens is 3. The van der Waals surface area contributed by atoms with Crippen molar-refractivity contribution < 1.29 is 58.5 Å². The SMILES string of the molecule is COC(=O)c1cc(S(=O)(=O)N(CCc2ccc(OCc3ccc(F)cc3)cc2)Cc2ccc(F)cc2)ccc1C.COC(=O)c1cc(S(=O)(=O)NCCc2ccc(OCc3ccc(F)cc3)cc2)ccc1C. The molecule has 1 N–H and O–H groups in total. The van der Waals surface area contributed by atoms with Crippen molar-refractivity contribution in [1.29, 1.82) is 0 Å². The second-order valence-corrected chi connectivity index (χ2v) is 20.1. The zero-order chi connectivity index (χ0) is 51.8. The van der Waals surface area contributed by atoms with Crippen LogP contribution in [0.3, 0.4) is 0 Å². The zero-order valence-electron chi connectivity index (χ0n) is 39.9. The average molecular weight is 1020 g/mol. The monoisotopic (exact) mass is 1020 g/mol. The van der Waals surface area contributed by atoms with Gasteiger partial charge in [0.05, 0.1) is 35.1 Å². The van der Waals surface area contributed by atoms with Gasteiger partial charge in [0.2, 0.25) is 20.0 Å². The van der Waals surface area contributed by atoms with Gasteiger partial charge in [0.15, 0.2) is 0 Å². The van der Waals surface area contributed by atoms with Crippen molar-refractivity contribution in [2.75, 3.05) is 27.3 Å². The van der Waals surface area contributed by atoms with Gasteiger partial charge in [0.25, 0.3) is 0 Å². The summed E-state index contributed by atoms with van der Waals surface area (Å²) in [5.74, 6) is -0.939. The third-order valence-corrected chi connectivity index (χ3v) is 14.6. The molecule has 12 nitrogen and oxygen atoms in total. The number of sulfonamides is 2. The van der Waals surface area contributed by atoms with E-state index < -0.39 is 37.8 Å². The number of benzene rings is 7. The van der Waals surface area contributed by atoms with Gasteiger partial charge in [-0.1, -0.05) is 72.8 Å². The fourth-order valence-corrected chi connectivity index (χ4v) is 9.60. The Morgan fingerprint density at radius 2 is 0.889 bits per heavy atom. The maximum atomic E-state index is 13.8. The summed E-state index contributed by atoms with van der Waals surface area (Å²) in [5.41, 5.74) is 5.74. The summed E-state index contributed by atoms with van der Waals surface area (Å²) in [5, 5.41) is 0. The Hall–Kier alpha value is -7.31. The predicted octanol–water partition coefficient (Wildman–Crippen LogP) is 10.1. The first-order chi connectivity index (χ1) is 34.4. The van der Waals surface area contributed by atoms with Crippen molar-refractivity contribution >= 4 is 32.0 Å².